The van der Waals surface area contributed by atoms with Crippen molar-refractivity contribution in [2.24, 2.45) is 0 Å². The van der Waals surface area contributed by atoms with Crippen LogP contribution in [0.25, 0.3) is 0 Å². The van der Waals surface area contributed by atoms with Gasteiger partial charge in [-0.15, -0.1) is 0 Å². The Balaban J connectivity index is 1.71. The molecule has 0 heterocycles. The van der Waals surface area contributed by atoms with Crippen LogP contribution in [0, 0.1) is 13.8 Å². The first-order chi connectivity index (χ1) is 14.2. The molecule has 0 atom stereocenters. The molecule has 1 amide bonds. The second-order valence-corrected chi connectivity index (χ2v) is 9.17. The summed E-state index contributed by atoms with van der Waals surface area (Å²) < 4.78 is 28.3. The van der Waals surface area contributed by atoms with Crippen LogP contribution in [0.1, 0.15) is 27.0 Å². The molecule has 0 bridgehead atoms. The predicted octanol–water partition coefficient (Wildman–Crippen LogP) is 4.73. The average Bonchev–Trinajstić information content (AvgIpc) is 2.71. The maximum absolute atomic E-state index is 12.9. The van der Waals surface area contributed by atoms with Crippen LogP contribution in [0.15, 0.2) is 71.6 Å². The molecule has 0 aromatic heterocycles. The highest BCUT2D eigenvalue weighted by molar-refractivity contribution is 7.92. The molecule has 0 unspecified atom stereocenters. The largest absolute Gasteiger partial charge is 0.352 e. The molecule has 0 saturated heterocycles. The molecule has 3 rings (SSSR count). The highest BCUT2D eigenvalue weighted by Gasteiger charge is 2.19. The van der Waals surface area contributed by atoms with Gasteiger partial charge in [-0.1, -0.05) is 47.5 Å². The number of carbonyl (C=O) groups excluding carboxylic acids is 1. The van der Waals surface area contributed by atoms with E-state index in [1.54, 1.807) is 43.3 Å². The van der Waals surface area contributed by atoms with Gasteiger partial charge in [-0.2, -0.15) is 0 Å². The minimum absolute atomic E-state index is 0.0772. The van der Waals surface area contributed by atoms with E-state index in [0.29, 0.717) is 34.8 Å². The van der Waals surface area contributed by atoms with Crippen molar-refractivity contribution < 1.29 is 13.2 Å². The molecule has 0 saturated carbocycles. The quantitative estimate of drug-likeness (QED) is 0.555. The summed E-state index contributed by atoms with van der Waals surface area (Å²) in [6.45, 7) is 4.06. The number of halogens is 1. The molecule has 0 fully saturated rings. The summed E-state index contributed by atoms with van der Waals surface area (Å²) >= 11 is 5.87. The summed E-state index contributed by atoms with van der Waals surface area (Å²) in [5.41, 5.74) is 3.41. The van der Waals surface area contributed by atoms with Crippen LogP contribution in [0.4, 0.5) is 5.69 Å². The summed E-state index contributed by atoms with van der Waals surface area (Å²) in [4.78, 5) is 12.6. The van der Waals surface area contributed by atoms with Gasteiger partial charge < -0.3 is 5.32 Å². The summed E-state index contributed by atoms with van der Waals surface area (Å²) in [6, 6.07) is 19.1. The number of aryl methyl sites for hydroxylation is 2. The van der Waals surface area contributed by atoms with Gasteiger partial charge in [0.25, 0.3) is 15.9 Å². The van der Waals surface area contributed by atoms with E-state index in [9.17, 15) is 13.2 Å². The standard InChI is InChI=1S/C23H23ClN2O3S/c1-16-3-11-21(12-4-16)26-30(28,29)22-15-19(8-5-17(22)2)23(27)25-14-13-18-6-9-20(24)10-7-18/h3-12,15,26H,13-14H2,1-2H3,(H,25,27). The third-order valence-corrected chi connectivity index (χ3v) is 6.43. The third kappa shape index (κ3) is 5.62. The molecule has 3 aromatic rings. The van der Waals surface area contributed by atoms with Crippen molar-refractivity contribution in [3.63, 3.8) is 0 Å². The van der Waals surface area contributed by atoms with Crippen LogP contribution in [-0.4, -0.2) is 20.9 Å². The van der Waals surface area contributed by atoms with Gasteiger partial charge in [-0.05, 0) is 67.8 Å². The number of carbonyl (C=O) groups is 1. The SMILES string of the molecule is Cc1ccc(NS(=O)(=O)c2cc(C(=O)NCCc3ccc(Cl)cc3)ccc2C)cc1. The van der Waals surface area contributed by atoms with E-state index in [2.05, 4.69) is 10.0 Å². The van der Waals surface area contributed by atoms with Crippen molar-refractivity contribution in [3.8, 4) is 0 Å². The highest BCUT2D eigenvalue weighted by atomic mass is 35.5. The van der Waals surface area contributed by atoms with Gasteiger partial charge in [0.1, 0.15) is 0 Å². The first kappa shape index (κ1) is 21.9. The number of amides is 1. The number of rotatable bonds is 7. The summed E-state index contributed by atoms with van der Waals surface area (Å²) in [6.07, 6.45) is 0.648. The number of hydrogen-bond acceptors (Lipinski definition) is 3. The van der Waals surface area contributed by atoms with Crippen LogP contribution in [0.2, 0.25) is 5.02 Å². The van der Waals surface area contributed by atoms with Crippen molar-refractivity contribution in [2.45, 2.75) is 25.2 Å². The minimum Gasteiger partial charge on any atom is -0.352 e. The molecule has 156 valence electrons. The first-order valence-electron chi connectivity index (χ1n) is 9.47. The topological polar surface area (TPSA) is 75.3 Å². The summed E-state index contributed by atoms with van der Waals surface area (Å²) in [5.74, 6) is -0.323. The Morgan fingerprint density at radius 1 is 0.933 bits per heavy atom. The number of nitrogens with one attached hydrogen (secondary N) is 2. The van der Waals surface area contributed by atoms with Crippen molar-refractivity contribution in [2.75, 3.05) is 11.3 Å². The molecule has 2 N–H and O–H groups in total. The van der Waals surface area contributed by atoms with Crippen LogP contribution in [0.5, 0.6) is 0 Å². The summed E-state index contributed by atoms with van der Waals surface area (Å²) in [5, 5.41) is 3.49. The Bertz CT molecular complexity index is 1140. The molecular formula is C23H23ClN2O3S. The Morgan fingerprint density at radius 3 is 2.27 bits per heavy atom. The molecule has 0 aliphatic carbocycles. The van der Waals surface area contributed by atoms with Crippen LogP contribution in [-0.2, 0) is 16.4 Å². The van der Waals surface area contributed by atoms with E-state index in [0.717, 1.165) is 11.1 Å². The predicted molar refractivity (Wildman–Crippen MR) is 121 cm³/mol. The molecule has 30 heavy (non-hydrogen) atoms. The third-order valence-electron chi connectivity index (χ3n) is 4.66. The first-order valence-corrected chi connectivity index (χ1v) is 11.3. The molecule has 0 aliphatic heterocycles. The Hall–Kier alpha value is -2.83. The van der Waals surface area contributed by atoms with E-state index in [1.807, 2.05) is 31.2 Å². The Kier molecular flexibility index (Phi) is 6.80. The maximum atomic E-state index is 12.9. The van der Waals surface area contributed by atoms with E-state index < -0.39 is 10.0 Å². The van der Waals surface area contributed by atoms with Gasteiger partial charge in [0.15, 0.2) is 0 Å². The lowest BCUT2D eigenvalue weighted by Crippen LogP contribution is -2.26. The molecule has 0 radical (unpaired) electrons. The van der Waals surface area contributed by atoms with Gasteiger partial charge >= 0.3 is 0 Å². The smallest absolute Gasteiger partial charge is 0.262 e. The molecule has 7 heteroatoms. The van der Waals surface area contributed by atoms with Crippen molar-refractivity contribution in [1.29, 1.82) is 0 Å². The Morgan fingerprint density at radius 2 is 1.60 bits per heavy atom. The van der Waals surface area contributed by atoms with Crippen LogP contribution in [0.3, 0.4) is 0 Å². The second-order valence-electron chi connectivity index (χ2n) is 7.08. The zero-order chi connectivity index (χ0) is 21.7. The molecule has 5 nitrogen and oxygen atoms in total. The summed E-state index contributed by atoms with van der Waals surface area (Å²) in [7, 11) is -3.82. The van der Waals surface area contributed by atoms with E-state index in [1.165, 1.54) is 6.07 Å². The fourth-order valence-corrected chi connectivity index (χ4v) is 4.39. The second kappa shape index (κ2) is 9.32. The lowest BCUT2D eigenvalue weighted by Gasteiger charge is -2.12. The lowest BCUT2D eigenvalue weighted by atomic mass is 10.1. The zero-order valence-corrected chi connectivity index (χ0v) is 18.3. The maximum Gasteiger partial charge on any atom is 0.262 e. The number of benzene rings is 3. The van der Waals surface area contributed by atoms with Crippen molar-refractivity contribution in [3.05, 3.63) is 94.0 Å². The van der Waals surface area contributed by atoms with E-state index in [4.69, 9.17) is 11.6 Å². The van der Waals surface area contributed by atoms with Gasteiger partial charge in [-0.25, -0.2) is 8.42 Å². The minimum atomic E-state index is -3.82. The van der Waals surface area contributed by atoms with E-state index >= 15 is 0 Å². The molecule has 0 spiro atoms. The number of sulfonamides is 1. The monoisotopic (exact) mass is 442 g/mol. The van der Waals surface area contributed by atoms with Crippen molar-refractivity contribution >= 4 is 33.2 Å². The fraction of sp³-hybridized carbons (Fsp3) is 0.174. The average molecular weight is 443 g/mol. The molecule has 3 aromatic carbocycles. The number of hydrogen-bond donors (Lipinski definition) is 2. The number of anilines is 1. The zero-order valence-electron chi connectivity index (χ0n) is 16.8. The van der Waals surface area contributed by atoms with Crippen LogP contribution >= 0.6 is 11.6 Å². The highest BCUT2D eigenvalue weighted by Crippen LogP contribution is 2.21. The van der Waals surface area contributed by atoms with Gasteiger partial charge in [-0.3, -0.25) is 9.52 Å². The van der Waals surface area contributed by atoms with Gasteiger partial charge in [0.2, 0.25) is 0 Å². The molecular weight excluding hydrogens is 420 g/mol. The van der Waals surface area contributed by atoms with Crippen molar-refractivity contribution in [1.82, 2.24) is 5.32 Å². The molecule has 0 aliphatic rings. The lowest BCUT2D eigenvalue weighted by molar-refractivity contribution is 0.0954. The van der Waals surface area contributed by atoms with Gasteiger partial charge in [0.05, 0.1) is 4.90 Å². The normalized spacial score (nSPS) is 11.2. The Labute approximate surface area is 182 Å². The van der Waals surface area contributed by atoms with Crippen LogP contribution < -0.4 is 10.0 Å². The van der Waals surface area contributed by atoms with Gasteiger partial charge in [0, 0.05) is 22.8 Å². The fourth-order valence-electron chi connectivity index (χ4n) is 2.94. The van der Waals surface area contributed by atoms with E-state index in [-0.39, 0.29) is 10.8 Å².